The number of carbonyl (C=O) groups is 1. The van der Waals surface area contributed by atoms with E-state index in [4.69, 9.17) is 9.47 Å². The third kappa shape index (κ3) is 4.64. The highest BCUT2D eigenvalue weighted by atomic mass is 35.5. The Balaban J connectivity index is 0.00000338. The third-order valence-corrected chi connectivity index (χ3v) is 3.94. The summed E-state index contributed by atoms with van der Waals surface area (Å²) in [6.45, 7) is 1.71. The van der Waals surface area contributed by atoms with Crippen molar-refractivity contribution < 1.29 is 18.7 Å². The van der Waals surface area contributed by atoms with Crippen LogP contribution in [-0.2, 0) is 11.8 Å². The van der Waals surface area contributed by atoms with Gasteiger partial charge < -0.3 is 20.1 Å². The van der Waals surface area contributed by atoms with Gasteiger partial charge in [0.2, 0.25) is 5.91 Å². The highest BCUT2D eigenvalue weighted by molar-refractivity contribution is 5.85. The maximum absolute atomic E-state index is 14.3. The lowest BCUT2D eigenvalue weighted by Crippen LogP contribution is -2.37. The van der Waals surface area contributed by atoms with E-state index >= 15 is 0 Å². The Morgan fingerprint density at radius 3 is 2.38 bits per heavy atom. The van der Waals surface area contributed by atoms with Crippen molar-refractivity contribution in [2.45, 2.75) is 19.0 Å². The maximum Gasteiger partial charge on any atom is 0.242 e. The number of aryl methyl sites for hydroxylation is 1. The number of ether oxygens (including phenoxy) is 2. The van der Waals surface area contributed by atoms with Crippen molar-refractivity contribution in [1.82, 2.24) is 20.4 Å². The zero-order chi connectivity index (χ0) is 18.6. The lowest BCUT2D eigenvalue weighted by atomic mass is 10.1. The zero-order valence-electron chi connectivity index (χ0n) is 15.4. The van der Waals surface area contributed by atoms with E-state index in [1.54, 1.807) is 38.1 Å². The number of hydrogen-bond acceptors (Lipinski definition) is 5. The monoisotopic (exact) mass is 386 g/mol. The highest BCUT2D eigenvalue weighted by Crippen LogP contribution is 2.32. The molecule has 0 aliphatic rings. The predicted molar refractivity (Wildman–Crippen MR) is 98.3 cm³/mol. The Hall–Kier alpha value is -2.32. The first kappa shape index (κ1) is 21.7. The fourth-order valence-electron chi connectivity index (χ4n) is 2.61. The van der Waals surface area contributed by atoms with Crippen molar-refractivity contribution in [2.75, 3.05) is 21.3 Å². The Morgan fingerprint density at radius 2 is 1.88 bits per heavy atom. The molecule has 1 amide bonds. The smallest absolute Gasteiger partial charge is 0.242 e. The molecule has 2 rings (SSSR count). The second kappa shape index (κ2) is 9.40. The summed E-state index contributed by atoms with van der Waals surface area (Å²) in [6.07, 6.45) is 3.37. The number of rotatable bonds is 7. The highest BCUT2D eigenvalue weighted by Gasteiger charge is 2.24. The molecule has 0 bridgehead atoms. The first-order valence-corrected chi connectivity index (χ1v) is 7.78. The molecule has 26 heavy (non-hydrogen) atoms. The van der Waals surface area contributed by atoms with Gasteiger partial charge in [-0.3, -0.25) is 9.48 Å². The molecule has 1 aromatic carbocycles. The molecule has 0 saturated carbocycles. The predicted octanol–water partition coefficient (Wildman–Crippen LogP) is 2.14. The second-order valence-electron chi connectivity index (χ2n) is 5.63. The van der Waals surface area contributed by atoms with Gasteiger partial charge in [0.25, 0.3) is 0 Å². The van der Waals surface area contributed by atoms with Crippen molar-refractivity contribution >= 4 is 18.3 Å². The molecule has 2 aromatic rings. The topological polar surface area (TPSA) is 77.4 Å². The Morgan fingerprint density at radius 1 is 1.27 bits per heavy atom. The van der Waals surface area contributed by atoms with Crippen LogP contribution in [-0.4, -0.2) is 37.0 Å². The minimum absolute atomic E-state index is 0. The molecule has 9 heteroatoms. The van der Waals surface area contributed by atoms with E-state index < -0.39 is 17.9 Å². The van der Waals surface area contributed by atoms with E-state index in [0.29, 0.717) is 17.1 Å². The summed E-state index contributed by atoms with van der Waals surface area (Å²) in [5.41, 5.74) is 1.04. The molecular formula is C17H24ClFN4O3. The minimum atomic E-state index is -0.584. The number of aromatic nitrogens is 2. The molecular weight excluding hydrogens is 363 g/mol. The van der Waals surface area contributed by atoms with Gasteiger partial charge in [-0.25, -0.2) is 4.39 Å². The van der Waals surface area contributed by atoms with Crippen LogP contribution in [0.25, 0.3) is 0 Å². The lowest BCUT2D eigenvalue weighted by molar-refractivity contribution is -0.123. The quantitative estimate of drug-likeness (QED) is 0.762. The Kier molecular flexibility index (Phi) is 7.85. The molecule has 0 aliphatic heterocycles. The minimum Gasteiger partial charge on any atom is -0.493 e. The lowest BCUT2D eigenvalue weighted by Gasteiger charge is -2.21. The Bertz CT molecular complexity index is 754. The molecule has 2 N–H and O–H groups in total. The van der Waals surface area contributed by atoms with Crippen LogP contribution < -0.4 is 20.1 Å². The van der Waals surface area contributed by atoms with Crippen LogP contribution in [0.5, 0.6) is 11.5 Å². The van der Waals surface area contributed by atoms with E-state index in [1.807, 2.05) is 0 Å². The van der Waals surface area contributed by atoms with E-state index in [-0.39, 0.29) is 18.3 Å². The average molecular weight is 387 g/mol. The first-order valence-electron chi connectivity index (χ1n) is 7.78. The van der Waals surface area contributed by atoms with Gasteiger partial charge in [-0.1, -0.05) is 0 Å². The van der Waals surface area contributed by atoms with Crippen LogP contribution in [0.15, 0.2) is 24.5 Å². The largest absolute Gasteiger partial charge is 0.493 e. The second-order valence-corrected chi connectivity index (χ2v) is 5.63. The SMILES string of the molecule is CNC(C(=O)NC(C)c1cc(OC)c(OC)cc1F)c1cnn(C)c1.Cl. The normalized spacial score (nSPS) is 12.7. The van der Waals surface area contributed by atoms with E-state index in [0.717, 1.165) is 5.56 Å². The molecule has 1 aromatic heterocycles. The van der Waals surface area contributed by atoms with Gasteiger partial charge in [-0.15, -0.1) is 12.4 Å². The zero-order valence-corrected chi connectivity index (χ0v) is 16.2. The number of halogens is 2. The van der Waals surface area contributed by atoms with Gasteiger partial charge in [0.1, 0.15) is 11.9 Å². The van der Waals surface area contributed by atoms with Gasteiger partial charge >= 0.3 is 0 Å². The number of nitrogens with one attached hydrogen (secondary N) is 2. The summed E-state index contributed by atoms with van der Waals surface area (Å²) < 4.78 is 26.2. The molecule has 0 spiro atoms. The number of amides is 1. The van der Waals surface area contributed by atoms with E-state index in [2.05, 4.69) is 15.7 Å². The Labute approximate surface area is 158 Å². The summed E-state index contributed by atoms with van der Waals surface area (Å²) in [5.74, 6) is -0.0619. The van der Waals surface area contributed by atoms with E-state index in [9.17, 15) is 9.18 Å². The van der Waals surface area contributed by atoms with Gasteiger partial charge in [-0.05, 0) is 20.0 Å². The molecule has 2 unspecified atom stereocenters. The molecule has 0 saturated heterocycles. The van der Waals surface area contributed by atoms with Gasteiger partial charge in [-0.2, -0.15) is 5.10 Å². The van der Waals surface area contributed by atoms with Crippen LogP contribution >= 0.6 is 12.4 Å². The molecule has 2 atom stereocenters. The van der Waals surface area contributed by atoms with Gasteiger partial charge in [0, 0.05) is 30.4 Å². The van der Waals surface area contributed by atoms with Crippen molar-refractivity contribution in [1.29, 1.82) is 0 Å². The first-order chi connectivity index (χ1) is 11.9. The summed E-state index contributed by atoms with van der Waals surface area (Å²) in [7, 11) is 6.37. The van der Waals surface area contributed by atoms with Gasteiger partial charge in [0.15, 0.2) is 11.5 Å². The fraction of sp³-hybridized carbons (Fsp3) is 0.412. The molecule has 0 aliphatic carbocycles. The summed E-state index contributed by atoms with van der Waals surface area (Å²) in [4.78, 5) is 12.6. The number of nitrogens with zero attached hydrogens (tertiary/aromatic N) is 2. The number of likely N-dealkylation sites (N-methyl/N-ethyl adjacent to an activating group) is 1. The third-order valence-electron chi connectivity index (χ3n) is 3.94. The molecule has 144 valence electrons. The number of methoxy groups -OCH3 is 2. The van der Waals surface area contributed by atoms with Crippen LogP contribution in [0, 0.1) is 5.82 Å². The standard InChI is InChI=1S/C17H23FN4O3.ClH/c1-10(12-6-14(24-4)15(25-5)7-13(12)18)21-17(23)16(19-2)11-8-20-22(3)9-11;/h6-10,16,19H,1-5H3,(H,21,23);1H. The summed E-state index contributed by atoms with van der Waals surface area (Å²) in [5, 5.41) is 9.82. The number of carbonyl (C=O) groups excluding carboxylic acids is 1. The molecule has 7 nitrogen and oxygen atoms in total. The van der Waals surface area contributed by atoms with Crippen molar-refractivity contribution in [3.8, 4) is 11.5 Å². The van der Waals surface area contributed by atoms with Gasteiger partial charge in [0.05, 0.1) is 26.5 Å². The maximum atomic E-state index is 14.3. The van der Waals surface area contributed by atoms with Crippen LogP contribution in [0.1, 0.15) is 30.1 Å². The van der Waals surface area contributed by atoms with Crippen LogP contribution in [0.4, 0.5) is 4.39 Å². The molecule has 0 fully saturated rings. The average Bonchev–Trinajstić information content (AvgIpc) is 3.00. The molecule has 0 radical (unpaired) electrons. The van der Waals surface area contributed by atoms with Crippen LogP contribution in [0.2, 0.25) is 0 Å². The van der Waals surface area contributed by atoms with Crippen molar-refractivity contribution in [3.05, 3.63) is 41.5 Å². The van der Waals surface area contributed by atoms with Crippen LogP contribution in [0.3, 0.4) is 0 Å². The van der Waals surface area contributed by atoms with Crippen molar-refractivity contribution in [2.24, 2.45) is 7.05 Å². The van der Waals surface area contributed by atoms with Crippen molar-refractivity contribution in [3.63, 3.8) is 0 Å². The summed E-state index contributed by atoms with van der Waals surface area (Å²) >= 11 is 0. The number of benzene rings is 1. The fourth-order valence-corrected chi connectivity index (χ4v) is 2.61. The summed E-state index contributed by atoms with van der Waals surface area (Å²) in [6, 6.07) is 1.63. The van der Waals surface area contributed by atoms with E-state index in [1.165, 1.54) is 26.4 Å². The number of hydrogen-bond donors (Lipinski definition) is 2. The molecule has 1 heterocycles.